The molecule has 0 fully saturated rings. The van der Waals surface area contributed by atoms with Gasteiger partial charge >= 0.3 is 17.2 Å². The molecule has 0 saturated heterocycles. The van der Waals surface area contributed by atoms with Gasteiger partial charge in [0.2, 0.25) is 15.7 Å². The zero-order valence-electron chi connectivity index (χ0n) is 18.8. The number of rotatable bonds is 9. The summed E-state index contributed by atoms with van der Waals surface area (Å²) in [5, 5.41) is 8.31. The molecular weight excluding hydrogens is 505 g/mol. The largest absolute Gasteiger partial charge is 0.462 e. The van der Waals surface area contributed by atoms with Crippen molar-refractivity contribution in [2.45, 2.75) is 26.0 Å². The fourth-order valence-electron chi connectivity index (χ4n) is 2.92. The Morgan fingerprint density at radius 3 is 2.40 bits per heavy atom. The van der Waals surface area contributed by atoms with Crippen LogP contribution in [0.4, 0.5) is 9.39 Å². The van der Waals surface area contributed by atoms with E-state index < -0.39 is 44.5 Å². The van der Waals surface area contributed by atoms with Gasteiger partial charge in [-0.2, -0.15) is 0 Å². The third kappa shape index (κ3) is 5.71. The fourth-order valence-corrected chi connectivity index (χ4v) is 4.93. The molecule has 3 rings (SSSR count). The van der Waals surface area contributed by atoms with E-state index in [1.54, 1.807) is 13.8 Å². The number of sulfone groups is 1. The first kappa shape index (κ1) is 26.0. The Hall–Kier alpha value is -3.65. The van der Waals surface area contributed by atoms with Gasteiger partial charge in [0, 0.05) is 0 Å². The van der Waals surface area contributed by atoms with E-state index in [1.165, 1.54) is 25.1 Å². The van der Waals surface area contributed by atoms with Crippen molar-refractivity contribution >= 4 is 44.0 Å². The van der Waals surface area contributed by atoms with E-state index in [2.05, 4.69) is 15.5 Å². The highest BCUT2D eigenvalue weighted by atomic mass is 32.2. The van der Waals surface area contributed by atoms with E-state index in [1.807, 2.05) is 0 Å². The molecule has 0 unspecified atom stereocenters. The van der Waals surface area contributed by atoms with Crippen LogP contribution in [0.5, 0.6) is 0 Å². The number of hydrogen-bond acceptors (Lipinski definition) is 11. The summed E-state index contributed by atoms with van der Waals surface area (Å²) in [4.78, 5) is 37.3. The summed E-state index contributed by atoms with van der Waals surface area (Å²) in [6.45, 7) is 4.78. The molecule has 1 aromatic carbocycles. The van der Waals surface area contributed by atoms with Gasteiger partial charge in [-0.3, -0.25) is 4.79 Å². The lowest BCUT2D eigenvalue weighted by Crippen LogP contribution is -2.24. The summed E-state index contributed by atoms with van der Waals surface area (Å²) < 4.78 is 54.2. The first-order chi connectivity index (χ1) is 16.6. The molecule has 0 atom stereocenters. The Bertz CT molecular complexity index is 1380. The van der Waals surface area contributed by atoms with Crippen LogP contribution >= 0.6 is 11.3 Å². The minimum Gasteiger partial charge on any atom is -0.462 e. The molecule has 3 aromatic rings. The normalized spacial score (nSPS) is 11.2. The maximum absolute atomic E-state index is 13.9. The van der Waals surface area contributed by atoms with Gasteiger partial charge in [-0.05, 0) is 38.5 Å². The number of carbonyl (C=O) groups excluding carboxylic acids is 3. The monoisotopic (exact) mass is 525 g/mol. The van der Waals surface area contributed by atoms with Gasteiger partial charge in [0.05, 0.1) is 24.3 Å². The maximum atomic E-state index is 13.9. The number of thiophene rings is 1. The van der Waals surface area contributed by atoms with Crippen molar-refractivity contribution in [3.05, 3.63) is 46.1 Å². The minimum absolute atomic E-state index is 0.0339. The van der Waals surface area contributed by atoms with Gasteiger partial charge < -0.3 is 19.2 Å². The van der Waals surface area contributed by atoms with Gasteiger partial charge in [0.25, 0.3) is 5.89 Å². The lowest BCUT2D eigenvalue weighted by molar-refractivity contribution is -0.113. The van der Waals surface area contributed by atoms with Crippen molar-refractivity contribution in [3.8, 4) is 11.5 Å². The SMILES string of the molecule is CCOC(=O)c1sc(NC(=O)CS(=O)(=O)c2nnc(-c3ccccc3F)o2)c(C(=O)OCC)c1C. The van der Waals surface area contributed by atoms with Crippen LogP contribution in [0.25, 0.3) is 11.5 Å². The van der Waals surface area contributed by atoms with Crippen LogP contribution in [0.15, 0.2) is 33.9 Å². The summed E-state index contributed by atoms with van der Waals surface area (Å²) in [5.41, 5.74) is 0.0207. The van der Waals surface area contributed by atoms with Gasteiger partial charge in [0.1, 0.15) is 21.4 Å². The average Bonchev–Trinajstić information content (AvgIpc) is 3.40. The molecule has 14 heteroatoms. The summed E-state index contributed by atoms with van der Waals surface area (Å²) in [6, 6.07) is 5.39. The molecule has 0 saturated carbocycles. The zero-order valence-corrected chi connectivity index (χ0v) is 20.4. The number of carbonyl (C=O) groups is 3. The third-order valence-electron chi connectivity index (χ3n) is 4.44. The van der Waals surface area contributed by atoms with Crippen LogP contribution in [0.1, 0.15) is 39.4 Å². The van der Waals surface area contributed by atoms with E-state index in [0.717, 1.165) is 17.4 Å². The van der Waals surface area contributed by atoms with Crippen LogP contribution in [0, 0.1) is 12.7 Å². The van der Waals surface area contributed by atoms with Crippen molar-refractivity contribution in [2.75, 3.05) is 24.3 Å². The molecule has 35 heavy (non-hydrogen) atoms. The smallest absolute Gasteiger partial charge is 0.348 e. The number of anilines is 1. The van der Waals surface area contributed by atoms with Crippen molar-refractivity contribution < 1.29 is 41.1 Å². The summed E-state index contributed by atoms with van der Waals surface area (Å²) in [6.07, 6.45) is 0. The number of amides is 1. The second-order valence-corrected chi connectivity index (χ2v) is 9.75. The molecule has 0 aliphatic carbocycles. The maximum Gasteiger partial charge on any atom is 0.348 e. The Kier molecular flexibility index (Phi) is 7.96. The van der Waals surface area contributed by atoms with Crippen LogP contribution in [0.3, 0.4) is 0 Å². The molecular formula is C21H20FN3O8S2. The summed E-state index contributed by atoms with van der Waals surface area (Å²) in [5.74, 6) is -4.76. The molecule has 0 radical (unpaired) electrons. The number of nitrogens with one attached hydrogen (secondary N) is 1. The third-order valence-corrected chi connectivity index (χ3v) is 6.96. The fraction of sp³-hybridized carbons (Fsp3) is 0.286. The molecule has 0 spiro atoms. The summed E-state index contributed by atoms with van der Waals surface area (Å²) in [7, 11) is -4.43. The number of benzene rings is 1. The van der Waals surface area contributed by atoms with Crippen LogP contribution in [-0.2, 0) is 24.1 Å². The summed E-state index contributed by atoms with van der Waals surface area (Å²) >= 11 is 0.746. The lowest BCUT2D eigenvalue weighted by Gasteiger charge is -2.06. The van der Waals surface area contributed by atoms with E-state index >= 15 is 0 Å². The van der Waals surface area contributed by atoms with Crippen molar-refractivity contribution in [1.29, 1.82) is 0 Å². The highest BCUT2D eigenvalue weighted by molar-refractivity contribution is 7.91. The number of ether oxygens (including phenoxy) is 2. The molecule has 0 aliphatic heterocycles. The van der Waals surface area contributed by atoms with E-state index in [9.17, 15) is 27.2 Å². The average molecular weight is 526 g/mol. The van der Waals surface area contributed by atoms with Crippen LogP contribution in [0.2, 0.25) is 0 Å². The van der Waals surface area contributed by atoms with Gasteiger partial charge in [-0.15, -0.1) is 16.4 Å². The highest BCUT2D eigenvalue weighted by Crippen LogP contribution is 2.34. The first-order valence-electron chi connectivity index (χ1n) is 10.2. The quantitative estimate of drug-likeness (QED) is 0.412. The predicted octanol–water partition coefficient (Wildman–Crippen LogP) is 3.01. The van der Waals surface area contributed by atoms with E-state index in [-0.39, 0.29) is 45.7 Å². The van der Waals surface area contributed by atoms with Gasteiger partial charge in [-0.25, -0.2) is 22.4 Å². The van der Waals surface area contributed by atoms with Crippen LogP contribution in [-0.4, -0.2) is 55.4 Å². The predicted molar refractivity (Wildman–Crippen MR) is 121 cm³/mol. The first-order valence-corrected chi connectivity index (χ1v) is 12.6. The number of aromatic nitrogens is 2. The molecule has 186 valence electrons. The number of nitrogens with zero attached hydrogens (tertiary/aromatic N) is 2. The Morgan fingerprint density at radius 2 is 1.74 bits per heavy atom. The number of hydrogen-bond donors (Lipinski definition) is 1. The lowest BCUT2D eigenvalue weighted by atomic mass is 10.1. The molecule has 11 nitrogen and oxygen atoms in total. The zero-order chi connectivity index (χ0) is 25.8. The molecule has 0 bridgehead atoms. The van der Waals surface area contributed by atoms with Crippen LogP contribution < -0.4 is 5.32 Å². The van der Waals surface area contributed by atoms with E-state index in [0.29, 0.717) is 0 Å². The molecule has 2 aromatic heterocycles. The van der Waals surface area contributed by atoms with E-state index in [4.69, 9.17) is 13.9 Å². The standard InChI is InChI=1S/C21H20FN3O8S2/c1-4-31-19(27)15-11(3)16(20(28)32-5-2)34-18(15)23-14(26)10-35(29,30)21-25-24-17(33-21)12-8-6-7-9-13(12)22/h6-9H,4-5,10H2,1-3H3,(H,23,26). The van der Waals surface area contributed by atoms with Crippen molar-refractivity contribution in [3.63, 3.8) is 0 Å². The Morgan fingerprint density at radius 1 is 1.09 bits per heavy atom. The van der Waals surface area contributed by atoms with Crippen molar-refractivity contribution in [2.24, 2.45) is 0 Å². The molecule has 2 heterocycles. The Labute approximate surface area is 203 Å². The second kappa shape index (κ2) is 10.7. The van der Waals surface area contributed by atoms with Crippen molar-refractivity contribution in [1.82, 2.24) is 10.2 Å². The number of halogens is 1. The highest BCUT2D eigenvalue weighted by Gasteiger charge is 2.30. The second-order valence-electron chi connectivity index (χ2n) is 6.86. The number of esters is 2. The topological polar surface area (TPSA) is 155 Å². The molecule has 1 amide bonds. The van der Waals surface area contributed by atoms with Gasteiger partial charge in [0.15, 0.2) is 0 Å². The minimum atomic E-state index is -4.43. The Balaban J connectivity index is 1.85. The van der Waals surface area contributed by atoms with Gasteiger partial charge in [-0.1, -0.05) is 17.2 Å². The molecule has 1 N–H and O–H groups in total. The molecule has 0 aliphatic rings.